The molecule has 0 bridgehead atoms. The molecule has 0 aliphatic heterocycles. The minimum atomic E-state index is -0.546. The third-order valence-electron chi connectivity index (χ3n) is 2.52. The highest BCUT2D eigenvalue weighted by Crippen LogP contribution is 2.33. The van der Waals surface area contributed by atoms with Crippen LogP contribution in [-0.2, 0) is 5.33 Å². The summed E-state index contributed by atoms with van der Waals surface area (Å²) in [7, 11) is 0. The minimum absolute atomic E-state index is 0.0231. The first-order chi connectivity index (χ1) is 9.51. The Kier molecular flexibility index (Phi) is 4.86. The van der Waals surface area contributed by atoms with Crippen LogP contribution < -0.4 is 4.74 Å². The molecule has 104 valence electrons. The number of hydrogen-bond donors (Lipinski definition) is 0. The van der Waals surface area contributed by atoms with E-state index in [-0.39, 0.29) is 10.7 Å². The van der Waals surface area contributed by atoms with Gasteiger partial charge in [-0.15, -0.1) is 0 Å². The molecule has 0 aromatic heterocycles. The van der Waals surface area contributed by atoms with Crippen LogP contribution in [0.4, 0.5) is 5.69 Å². The van der Waals surface area contributed by atoms with E-state index in [1.807, 2.05) is 6.07 Å². The van der Waals surface area contributed by atoms with Crippen LogP contribution in [0.15, 0.2) is 36.4 Å². The average molecular weight is 377 g/mol. The van der Waals surface area contributed by atoms with Crippen molar-refractivity contribution in [3.63, 3.8) is 0 Å². The molecule has 0 saturated heterocycles. The normalized spacial score (nSPS) is 10.3. The maximum atomic E-state index is 10.7. The van der Waals surface area contributed by atoms with Crippen LogP contribution in [-0.4, -0.2) is 4.92 Å². The van der Waals surface area contributed by atoms with E-state index >= 15 is 0 Å². The van der Waals surface area contributed by atoms with E-state index < -0.39 is 4.92 Å². The lowest BCUT2D eigenvalue weighted by atomic mass is 10.2. The quantitative estimate of drug-likeness (QED) is 0.397. The van der Waals surface area contributed by atoms with Gasteiger partial charge in [0.2, 0.25) is 0 Å². The maximum absolute atomic E-state index is 10.7. The number of nitrogens with zero attached hydrogens (tertiary/aromatic N) is 1. The summed E-state index contributed by atoms with van der Waals surface area (Å²) in [5, 5.41) is 11.9. The zero-order valence-electron chi connectivity index (χ0n) is 9.98. The molecule has 4 nitrogen and oxygen atoms in total. The first-order valence-corrected chi connectivity index (χ1v) is 7.35. The fourth-order valence-corrected chi connectivity index (χ4v) is 2.42. The fraction of sp³-hybridized carbons (Fsp3) is 0.0769. The van der Waals surface area contributed by atoms with Gasteiger partial charge < -0.3 is 4.74 Å². The van der Waals surface area contributed by atoms with E-state index in [0.29, 0.717) is 21.9 Å². The highest BCUT2D eigenvalue weighted by atomic mass is 79.9. The lowest BCUT2D eigenvalue weighted by Crippen LogP contribution is -1.92. The number of hydrogen-bond acceptors (Lipinski definition) is 3. The number of benzene rings is 2. The van der Waals surface area contributed by atoms with Crippen molar-refractivity contribution in [1.82, 2.24) is 0 Å². The van der Waals surface area contributed by atoms with Gasteiger partial charge in [-0.1, -0.05) is 45.2 Å². The van der Waals surface area contributed by atoms with Crippen molar-refractivity contribution in [1.29, 1.82) is 0 Å². The summed E-state index contributed by atoms with van der Waals surface area (Å²) in [4.78, 5) is 10.1. The molecular formula is C13H8BrCl2NO3. The Hall–Kier alpha value is -1.30. The highest BCUT2D eigenvalue weighted by Gasteiger charge is 2.13. The molecule has 0 radical (unpaired) electrons. The monoisotopic (exact) mass is 375 g/mol. The molecule has 0 N–H and O–H groups in total. The summed E-state index contributed by atoms with van der Waals surface area (Å²) in [6.07, 6.45) is 0. The summed E-state index contributed by atoms with van der Waals surface area (Å²) >= 11 is 15.1. The van der Waals surface area contributed by atoms with Crippen molar-refractivity contribution < 1.29 is 9.66 Å². The number of halogens is 3. The van der Waals surface area contributed by atoms with E-state index in [2.05, 4.69) is 15.9 Å². The topological polar surface area (TPSA) is 52.4 Å². The second kappa shape index (κ2) is 6.43. The summed E-state index contributed by atoms with van der Waals surface area (Å²) in [6, 6.07) is 9.46. The Morgan fingerprint density at radius 2 is 1.95 bits per heavy atom. The van der Waals surface area contributed by atoms with Crippen LogP contribution in [0, 0.1) is 10.1 Å². The predicted molar refractivity (Wildman–Crippen MR) is 82.3 cm³/mol. The summed E-state index contributed by atoms with van der Waals surface area (Å²) < 4.78 is 5.68. The Bertz CT molecular complexity index is 664. The number of alkyl halides is 1. The van der Waals surface area contributed by atoms with Gasteiger partial charge >= 0.3 is 0 Å². The van der Waals surface area contributed by atoms with Crippen molar-refractivity contribution in [3.05, 3.63) is 62.1 Å². The van der Waals surface area contributed by atoms with Gasteiger partial charge in [0.05, 0.1) is 4.92 Å². The maximum Gasteiger partial charge on any atom is 0.288 e. The lowest BCUT2D eigenvalue weighted by Gasteiger charge is -2.10. The molecule has 0 aliphatic carbocycles. The number of rotatable bonds is 4. The van der Waals surface area contributed by atoms with Gasteiger partial charge in [-0.3, -0.25) is 10.1 Å². The average Bonchev–Trinajstić information content (AvgIpc) is 2.38. The molecule has 0 spiro atoms. The smallest absolute Gasteiger partial charge is 0.288 e. The molecule has 0 aliphatic rings. The Labute approximate surface area is 133 Å². The van der Waals surface area contributed by atoms with E-state index in [1.54, 1.807) is 12.1 Å². The predicted octanol–water partition coefficient (Wildman–Crippen LogP) is 5.59. The van der Waals surface area contributed by atoms with Gasteiger partial charge in [0.25, 0.3) is 5.69 Å². The van der Waals surface area contributed by atoms with Crippen LogP contribution in [0.1, 0.15) is 5.56 Å². The standard InChI is InChI=1S/C13H8BrCl2NO3/c14-7-8-1-2-9(15)5-13(8)20-10-3-4-12(17(18)19)11(16)6-10/h1-6H,7H2. The van der Waals surface area contributed by atoms with Crippen molar-refractivity contribution in [3.8, 4) is 11.5 Å². The molecule has 0 heterocycles. The summed E-state index contributed by atoms with van der Waals surface area (Å²) in [5.74, 6) is 0.976. The molecule has 2 rings (SSSR count). The van der Waals surface area contributed by atoms with Crippen LogP contribution >= 0.6 is 39.1 Å². The van der Waals surface area contributed by atoms with Gasteiger partial charge in [-0.2, -0.15) is 0 Å². The molecule has 20 heavy (non-hydrogen) atoms. The zero-order chi connectivity index (χ0) is 14.7. The van der Waals surface area contributed by atoms with Gasteiger partial charge in [-0.25, -0.2) is 0 Å². The fourth-order valence-electron chi connectivity index (χ4n) is 1.56. The number of nitro groups is 1. The van der Waals surface area contributed by atoms with Crippen molar-refractivity contribution in [2.75, 3.05) is 0 Å². The molecule has 2 aromatic rings. The molecule has 2 aromatic carbocycles. The number of ether oxygens (including phenoxy) is 1. The van der Waals surface area contributed by atoms with Gasteiger partial charge in [-0.05, 0) is 18.2 Å². The Balaban J connectivity index is 2.33. The molecule has 0 amide bonds. The van der Waals surface area contributed by atoms with Crippen LogP contribution in [0.3, 0.4) is 0 Å². The SMILES string of the molecule is O=[N+]([O-])c1ccc(Oc2cc(Cl)ccc2CBr)cc1Cl. The van der Waals surface area contributed by atoms with Gasteiger partial charge in [0.15, 0.2) is 0 Å². The summed E-state index contributed by atoms with van der Waals surface area (Å²) in [6.45, 7) is 0. The van der Waals surface area contributed by atoms with Gasteiger partial charge in [0.1, 0.15) is 16.5 Å². The number of nitro benzene ring substituents is 1. The van der Waals surface area contributed by atoms with Crippen LogP contribution in [0.2, 0.25) is 10.0 Å². The van der Waals surface area contributed by atoms with E-state index in [1.165, 1.54) is 18.2 Å². The minimum Gasteiger partial charge on any atom is -0.457 e. The van der Waals surface area contributed by atoms with Gasteiger partial charge in [0, 0.05) is 28.0 Å². The first kappa shape index (κ1) is 15.1. The third-order valence-corrected chi connectivity index (χ3v) is 3.66. The molecule has 0 fully saturated rings. The van der Waals surface area contributed by atoms with Crippen molar-refractivity contribution in [2.24, 2.45) is 0 Å². The summed E-state index contributed by atoms with van der Waals surface area (Å²) in [5.41, 5.74) is 0.745. The Morgan fingerprint density at radius 1 is 1.20 bits per heavy atom. The second-order valence-electron chi connectivity index (χ2n) is 3.86. The molecule has 0 saturated carbocycles. The third kappa shape index (κ3) is 3.42. The van der Waals surface area contributed by atoms with Crippen molar-refractivity contribution in [2.45, 2.75) is 5.33 Å². The van der Waals surface area contributed by atoms with E-state index in [0.717, 1.165) is 5.56 Å². The largest absolute Gasteiger partial charge is 0.457 e. The van der Waals surface area contributed by atoms with Crippen molar-refractivity contribution >= 4 is 44.8 Å². The van der Waals surface area contributed by atoms with Crippen LogP contribution in [0.25, 0.3) is 0 Å². The lowest BCUT2D eigenvalue weighted by molar-refractivity contribution is -0.384. The Morgan fingerprint density at radius 3 is 2.55 bits per heavy atom. The molecule has 7 heteroatoms. The van der Waals surface area contributed by atoms with E-state index in [9.17, 15) is 10.1 Å². The molecule has 0 unspecified atom stereocenters. The second-order valence-corrected chi connectivity index (χ2v) is 5.26. The van der Waals surface area contributed by atoms with Crippen LogP contribution in [0.5, 0.6) is 11.5 Å². The zero-order valence-corrected chi connectivity index (χ0v) is 13.1. The van der Waals surface area contributed by atoms with E-state index in [4.69, 9.17) is 27.9 Å². The molecule has 0 atom stereocenters. The highest BCUT2D eigenvalue weighted by molar-refractivity contribution is 9.08. The molecular weight excluding hydrogens is 369 g/mol. The first-order valence-electron chi connectivity index (χ1n) is 5.47.